The molecule has 2 atom stereocenters. The third-order valence-corrected chi connectivity index (χ3v) is 5.70. The van der Waals surface area contributed by atoms with Crippen molar-refractivity contribution in [2.45, 2.75) is 38.4 Å². The zero-order valence-electron chi connectivity index (χ0n) is 17.9. The molecule has 2 unspecified atom stereocenters. The van der Waals surface area contributed by atoms with Gasteiger partial charge in [0.25, 0.3) is 0 Å². The first-order chi connectivity index (χ1) is 15.5. The first-order valence-corrected chi connectivity index (χ1v) is 10.7. The summed E-state index contributed by atoms with van der Waals surface area (Å²) >= 11 is 0. The number of carbonyl (C=O) groups excluding carboxylic acids is 2. The van der Waals surface area contributed by atoms with Crippen LogP contribution in [0.2, 0.25) is 0 Å². The molecule has 1 aliphatic heterocycles. The van der Waals surface area contributed by atoms with E-state index in [9.17, 15) is 14.0 Å². The van der Waals surface area contributed by atoms with Crippen molar-refractivity contribution in [3.8, 4) is 0 Å². The Balaban J connectivity index is 1.50. The summed E-state index contributed by atoms with van der Waals surface area (Å²) in [7, 11) is 0. The van der Waals surface area contributed by atoms with Gasteiger partial charge in [-0.3, -0.25) is 9.59 Å². The second kappa shape index (κ2) is 9.75. The monoisotopic (exact) mass is 431 g/mol. The highest BCUT2D eigenvalue weighted by atomic mass is 19.1. The fourth-order valence-corrected chi connectivity index (χ4v) is 3.91. The van der Waals surface area contributed by atoms with Gasteiger partial charge >= 0.3 is 0 Å². The van der Waals surface area contributed by atoms with Gasteiger partial charge < -0.3 is 16.0 Å². The molecule has 4 rings (SSSR count). The average Bonchev–Trinajstić information content (AvgIpc) is 2.80. The first-order valence-electron chi connectivity index (χ1n) is 10.7. The summed E-state index contributed by atoms with van der Waals surface area (Å²) in [4.78, 5) is 26.1. The van der Waals surface area contributed by atoms with Gasteiger partial charge in [0.2, 0.25) is 11.8 Å². The summed E-state index contributed by atoms with van der Waals surface area (Å²) in [6.07, 6.45) is 0.851. The van der Waals surface area contributed by atoms with Gasteiger partial charge in [0.05, 0.1) is 11.7 Å². The highest BCUT2D eigenvalue weighted by molar-refractivity contribution is 5.98. The molecule has 0 saturated heterocycles. The van der Waals surface area contributed by atoms with E-state index < -0.39 is 23.8 Å². The average molecular weight is 432 g/mol. The summed E-state index contributed by atoms with van der Waals surface area (Å²) in [5.41, 5.74) is 4.05. The molecule has 0 aromatic heterocycles. The first kappa shape index (κ1) is 21.7. The lowest BCUT2D eigenvalue weighted by Gasteiger charge is -2.27. The normalized spacial score (nSPS) is 16.0. The number of fused-ring (bicyclic) bond motifs is 1. The van der Waals surface area contributed by atoms with E-state index in [0.717, 1.165) is 16.7 Å². The summed E-state index contributed by atoms with van der Waals surface area (Å²) in [5.74, 6) is -1.21. The highest BCUT2D eigenvalue weighted by Crippen LogP contribution is 2.18. The van der Waals surface area contributed by atoms with E-state index in [1.165, 1.54) is 17.7 Å². The number of benzene rings is 3. The highest BCUT2D eigenvalue weighted by Gasteiger charge is 2.28. The van der Waals surface area contributed by atoms with Crippen LogP contribution in [-0.4, -0.2) is 23.9 Å². The second-order valence-electron chi connectivity index (χ2n) is 8.13. The van der Waals surface area contributed by atoms with Crippen LogP contribution < -0.4 is 16.0 Å². The fourth-order valence-electron chi connectivity index (χ4n) is 3.91. The van der Waals surface area contributed by atoms with Gasteiger partial charge in [-0.1, -0.05) is 60.7 Å². The minimum Gasteiger partial charge on any atom is -0.343 e. The van der Waals surface area contributed by atoms with Gasteiger partial charge in [-0.15, -0.1) is 0 Å². The van der Waals surface area contributed by atoms with Crippen molar-refractivity contribution in [2.24, 2.45) is 0 Å². The predicted octanol–water partition coefficient (Wildman–Crippen LogP) is 3.51. The summed E-state index contributed by atoms with van der Waals surface area (Å²) in [6, 6.07) is 20.8. The maximum atomic E-state index is 14.3. The number of hydrogen-bond donors (Lipinski definition) is 3. The van der Waals surface area contributed by atoms with Crippen LogP contribution >= 0.6 is 0 Å². The van der Waals surface area contributed by atoms with Crippen molar-refractivity contribution < 1.29 is 14.0 Å². The summed E-state index contributed by atoms with van der Waals surface area (Å²) < 4.78 is 14.3. The number of halogens is 1. The molecule has 0 saturated carbocycles. The fraction of sp³-hybridized carbons (Fsp3) is 0.231. The topological polar surface area (TPSA) is 70.2 Å². The van der Waals surface area contributed by atoms with E-state index in [1.54, 1.807) is 13.0 Å². The van der Waals surface area contributed by atoms with Crippen molar-refractivity contribution >= 4 is 17.5 Å². The van der Waals surface area contributed by atoms with Crippen LogP contribution in [0.15, 0.2) is 72.8 Å². The number of amides is 2. The largest absolute Gasteiger partial charge is 0.343 e. The standard InChI is InChI=1S/C26H26FN3O2/c1-17-11-12-22(21(27)13-17)29-26(32)24(14-18-7-3-2-4-8-18)30-25(31)23-15-19-9-5-6-10-20(19)16-28-23/h2-13,23-24,28H,14-16H2,1H3,(H,29,32)(H,30,31). The number of aryl methyl sites for hydroxylation is 1. The lowest BCUT2D eigenvalue weighted by molar-refractivity contribution is -0.128. The van der Waals surface area contributed by atoms with E-state index in [4.69, 9.17) is 0 Å². The van der Waals surface area contributed by atoms with Crippen molar-refractivity contribution in [2.75, 3.05) is 5.32 Å². The molecule has 5 nitrogen and oxygen atoms in total. The van der Waals surface area contributed by atoms with E-state index >= 15 is 0 Å². The molecule has 0 bridgehead atoms. The van der Waals surface area contributed by atoms with Gasteiger partial charge in [-0.05, 0) is 47.7 Å². The summed E-state index contributed by atoms with van der Waals surface area (Å²) in [6.45, 7) is 2.38. The Hall–Kier alpha value is -3.51. The van der Waals surface area contributed by atoms with Crippen LogP contribution in [0.5, 0.6) is 0 Å². The molecule has 0 spiro atoms. The molecule has 3 aromatic carbocycles. The van der Waals surface area contributed by atoms with E-state index in [2.05, 4.69) is 16.0 Å². The molecule has 0 aliphatic carbocycles. The zero-order chi connectivity index (χ0) is 22.5. The van der Waals surface area contributed by atoms with Crippen LogP contribution in [0, 0.1) is 12.7 Å². The van der Waals surface area contributed by atoms with Crippen molar-refractivity contribution in [1.82, 2.24) is 10.6 Å². The van der Waals surface area contributed by atoms with Crippen molar-refractivity contribution in [3.63, 3.8) is 0 Å². The Morgan fingerprint density at radius 1 is 1.03 bits per heavy atom. The van der Waals surface area contributed by atoms with Crippen LogP contribution in [0.3, 0.4) is 0 Å². The van der Waals surface area contributed by atoms with Gasteiger partial charge in [0.1, 0.15) is 11.9 Å². The molecule has 2 amide bonds. The maximum Gasteiger partial charge on any atom is 0.247 e. The minimum atomic E-state index is -0.843. The van der Waals surface area contributed by atoms with Gasteiger partial charge in [0, 0.05) is 13.0 Å². The second-order valence-corrected chi connectivity index (χ2v) is 8.13. The third kappa shape index (κ3) is 5.21. The molecule has 3 aromatic rings. The molecule has 3 N–H and O–H groups in total. The Morgan fingerprint density at radius 2 is 1.75 bits per heavy atom. The molecule has 1 aliphatic rings. The zero-order valence-corrected chi connectivity index (χ0v) is 17.9. The molecule has 6 heteroatoms. The number of nitrogens with one attached hydrogen (secondary N) is 3. The Labute approximate surface area is 187 Å². The third-order valence-electron chi connectivity index (χ3n) is 5.70. The molecule has 164 valence electrons. The van der Waals surface area contributed by atoms with Gasteiger partial charge in [0.15, 0.2) is 0 Å². The van der Waals surface area contributed by atoms with Gasteiger partial charge in [-0.2, -0.15) is 0 Å². The SMILES string of the molecule is Cc1ccc(NC(=O)C(Cc2ccccc2)NC(=O)C2Cc3ccccc3CN2)c(F)c1. The number of carbonyl (C=O) groups is 2. The lowest BCUT2D eigenvalue weighted by Crippen LogP contribution is -2.53. The number of rotatable bonds is 6. The summed E-state index contributed by atoms with van der Waals surface area (Å²) in [5, 5.41) is 8.76. The van der Waals surface area contributed by atoms with Crippen LogP contribution in [0.25, 0.3) is 0 Å². The number of hydrogen-bond acceptors (Lipinski definition) is 3. The quantitative estimate of drug-likeness (QED) is 0.559. The van der Waals surface area contributed by atoms with Crippen LogP contribution in [0.4, 0.5) is 10.1 Å². The van der Waals surface area contributed by atoms with Crippen molar-refractivity contribution in [1.29, 1.82) is 0 Å². The van der Waals surface area contributed by atoms with Gasteiger partial charge in [-0.25, -0.2) is 4.39 Å². The number of anilines is 1. The van der Waals surface area contributed by atoms with Crippen LogP contribution in [0.1, 0.15) is 22.3 Å². The van der Waals surface area contributed by atoms with Crippen LogP contribution in [-0.2, 0) is 29.0 Å². The Morgan fingerprint density at radius 3 is 2.50 bits per heavy atom. The molecule has 32 heavy (non-hydrogen) atoms. The van der Waals surface area contributed by atoms with Crippen molar-refractivity contribution in [3.05, 3.63) is 101 Å². The Kier molecular flexibility index (Phi) is 6.61. The van der Waals surface area contributed by atoms with E-state index in [0.29, 0.717) is 19.4 Å². The molecular formula is C26H26FN3O2. The van der Waals surface area contributed by atoms with E-state index in [1.807, 2.05) is 54.6 Å². The van der Waals surface area contributed by atoms with E-state index in [-0.39, 0.29) is 11.6 Å². The molecule has 1 heterocycles. The minimum absolute atomic E-state index is 0.0950. The molecule has 0 fully saturated rings. The predicted molar refractivity (Wildman–Crippen MR) is 123 cm³/mol. The smallest absolute Gasteiger partial charge is 0.247 e. The molecular weight excluding hydrogens is 405 g/mol. The Bertz CT molecular complexity index is 1120. The lowest BCUT2D eigenvalue weighted by atomic mass is 9.95. The molecule has 0 radical (unpaired) electrons. The maximum absolute atomic E-state index is 14.3.